The molecule has 1 aromatic carbocycles. The number of rotatable bonds is 3. The van der Waals surface area contributed by atoms with Gasteiger partial charge in [-0.05, 0) is 38.0 Å². The molecule has 0 aromatic heterocycles. The van der Waals surface area contributed by atoms with Crippen molar-refractivity contribution in [2.24, 2.45) is 0 Å². The van der Waals surface area contributed by atoms with Crippen molar-refractivity contribution < 1.29 is 19.1 Å². The predicted molar refractivity (Wildman–Crippen MR) is 67.7 cm³/mol. The van der Waals surface area contributed by atoms with E-state index in [-0.39, 0.29) is 6.61 Å². The molecule has 1 amide bonds. The number of aryl methyl sites for hydroxylation is 2. The van der Waals surface area contributed by atoms with Gasteiger partial charge in [-0.15, -0.1) is 0 Å². The van der Waals surface area contributed by atoms with Crippen molar-refractivity contribution in [1.29, 1.82) is 0 Å². The molecule has 1 rings (SSSR count). The summed E-state index contributed by atoms with van der Waals surface area (Å²) in [5.74, 6) is -1.17. The molecule has 0 atom stereocenters. The minimum absolute atomic E-state index is 0.163. The van der Waals surface area contributed by atoms with Gasteiger partial charge < -0.3 is 14.8 Å². The molecule has 0 spiro atoms. The van der Waals surface area contributed by atoms with Gasteiger partial charge in [0.05, 0.1) is 19.4 Å². The third-order valence-electron chi connectivity index (χ3n) is 2.33. The number of nitrogens with one attached hydrogen (secondary N) is 1. The number of ether oxygens (including phenoxy) is 2. The fourth-order valence-electron chi connectivity index (χ4n) is 1.69. The van der Waals surface area contributed by atoms with Crippen LogP contribution in [0.1, 0.15) is 18.1 Å². The van der Waals surface area contributed by atoms with E-state index in [0.29, 0.717) is 11.4 Å². The maximum absolute atomic E-state index is 11.6. The number of carbonyl (C=O) groups is 2. The molecule has 0 fully saturated rings. The van der Waals surface area contributed by atoms with Gasteiger partial charge in [-0.3, -0.25) is 4.79 Å². The lowest BCUT2D eigenvalue weighted by molar-refractivity contribution is -0.152. The van der Waals surface area contributed by atoms with Crippen LogP contribution in [0.5, 0.6) is 5.75 Å². The second-order valence-electron chi connectivity index (χ2n) is 3.84. The van der Waals surface area contributed by atoms with Crippen molar-refractivity contribution in [3.05, 3.63) is 23.3 Å². The molecule has 0 aliphatic heterocycles. The Balaban J connectivity index is 2.96. The lowest BCUT2D eigenvalue weighted by atomic mass is 10.1. The van der Waals surface area contributed by atoms with Crippen molar-refractivity contribution in [2.75, 3.05) is 19.0 Å². The van der Waals surface area contributed by atoms with Crippen LogP contribution >= 0.6 is 0 Å². The molecular formula is C13H17NO4. The highest BCUT2D eigenvalue weighted by molar-refractivity contribution is 6.37. The molecule has 0 radical (unpaired) electrons. The van der Waals surface area contributed by atoms with E-state index < -0.39 is 11.9 Å². The van der Waals surface area contributed by atoms with Gasteiger partial charge in [-0.2, -0.15) is 0 Å². The van der Waals surface area contributed by atoms with Crippen molar-refractivity contribution in [3.63, 3.8) is 0 Å². The molecular weight excluding hydrogens is 234 g/mol. The number of hydrogen-bond acceptors (Lipinski definition) is 4. The van der Waals surface area contributed by atoms with E-state index in [4.69, 9.17) is 4.74 Å². The van der Waals surface area contributed by atoms with Crippen LogP contribution in [0.3, 0.4) is 0 Å². The third-order valence-corrected chi connectivity index (χ3v) is 2.33. The first-order valence-corrected chi connectivity index (χ1v) is 5.63. The van der Waals surface area contributed by atoms with Gasteiger partial charge in [0.2, 0.25) is 0 Å². The van der Waals surface area contributed by atoms with Crippen LogP contribution in [0, 0.1) is 13.8 Å². The van der Waals surface area contributed by atoms with E-state index in [2.05, 4.69) is 10.1 Å². The summed E-state index contributed by atoms with van der Waals surface area (Å²) in [7, 11) is 1.51. The first kappa shape index (κ1) is 14.0. The van der Waals surface area contributed by atoms with Gasteiger partial charge in [-0.1, -0.05) is 6.07 Å². The van der Waals surface area contributed by atoms with E-state index >= 15 is 0 Å². The molecule has 1 aromatic rings. The zero-order valence-corrected chi connectivity index (χ0v) is 11.0. The van der Waals surface area contributed by atoms with Crippen LogP contribution < -0.4 is 10.1 Å². The lowest BCUT2D eigenvalue weighted by Gasteiger charge is -2.13. The molecule has 0 bridgehead atoms. The number of amides is 1. The zero-order chi connectivity index (χ0) is 13.7. The number of hydrogen-bond donors (Lipinski definition) is 1. The molecule has 0 saturated heterocycles. The summed E-state index contributed by atoms with van der Waals surface area (Å²) in [6.07, 6.45) is 0. The molecule has 18 heavy (non-hydrogen) atoms. The van der Waals surface area contributed by atoms with E-state index in [0.717, 1.165) is 11.1 Å². The first-order chi connectivity index (χ1) is 8.49. The summed E-state index contributed by atoms with van der Waals surface area (Å²) >= 11 is 0. The Morgan fingerprint density at radius 3 is 2.50 bits per heavy atom. The minimum atomic E-state index is -0.904. The Kier molecular flexibility index (Phi) is 4.71. The summed E-state index contributed by atoms with van der Waals surface area (Å²) in [4.78, 5) is 22.8. The molecule has 0 aliphatic carbocycles. The van der Waals surface area contributed by atoms with Crippen LogP contribution in [0.15, 0.2) is 12.1 Å². The van der Waals surface area contributed by atoms with E-state index in [9.17, 15) is 9.59 Å². The Morgan fingerprint density at radius 1 is 1.28 bits per heavy atom. The quantitative estimate of drug-likeness (QED) is 0.657. The van der Waals surface area contributed by atoms with Gasteiger partial charge in [-0.25, -0.2) is 4.79 Å². The predicted octanol–water partition coefficient (Wildman–Crippen LogP) is 1.81. The summed E-state index contributed by atoms with van der Waals surface area (Å²) in [6.45, 7) is 5.57. The van der Waals surface area contributed by atoms with Crippen LogP contribution in [-0.2, 0) is 14.3 Å². The standard InChI is InChI=1S/C13H17NO4/c1-5-18-13(16)12(15)14-10-7-8(2)6-9(3)11(10)17-4/h6-7H,5H2,1-4H3,(H,14,15). The van der Waals surface area contributed by atoms with Gasteiger partial charge in [0.25, 0.3) is 0 Å². The van der Waals surface area contributed by atoms with Gasteiger partial charge in [0.15, 0.2) is 0 Å². The summed E-state index contributed by atoms with van der Waals surface area (Å²) in [5.41, 5.74) is 2.32. The minimum Gasteiger partial charge on any atom is -0.494 e. The number of carbonyl (C=O) groups excluding carboxylic acids is 2. The molecule has 98 valence electrons. The average molecular weight is 251 g/mol. The molecule has 0 unspecified atom stereocenters. The maximum Gasteiger partial charge on any atom is 0.397 e. The topological polar surface area (TPSA) is 64.6 Å². The number of anilines is 1. The van der Waals surface area contributed by atoms with E-state index in [1.165, 1.54) is 7.11 Å². The monoisotopic (exact) mass is 251 g/mol. The Bertz CT molecular complexity index is 468. The smallest absolute Gasteiger partial charge is 0.397 e. The van der Waals surface area contributed by atoms with Crippen LogP contribution in [-0.4, -0.2) is 25.6 Å². The molecule has 5 heteroatoms. The Morgan fingerprint density at radius 2 is 1.94 bits per heavy atom. The van der Waals surface area contributed by atoms with Crippen LogP contribution in [0.2, 0.25) is 0 Å². The average Bonchev–Trinajstić information content (AvgIpc) is 2.28. The summed E-state index contributed by atoms with van der Waals surface area (Å²) in [5, 5.41) is 2.49. The van der Waals surface area contributed by atoms with Gasteiger partial charge >= 0.3 is 11.9 Å². The highest BCUT2D eigenvalue weighted by Gasteiger charge is 2.17. The summed E-state index contributed by atoms with van der Waals surface area (Å²) < 4.78 is 9.82. The Labute approximate surface area is 106 Å². The largest absolute Gasteiger partial charge is 0.494 e. The van der Waals surface area contributed by atoms with E-state index in [1.807, 2.05) is 19.9 Å². The molecule has 0 heterocycles. The third kappa shape index (κ3) is 3.23. The molecule has 1 N–H and O–H groups in total. The van der Waals surface area contributed by atoms with Crippen LogP contribution in [0.25, 0.3) is 0 Å². The fraction of sp³-hybridized carbons (Fsp3) is 0.385. The van der Waals surface area contributed by atoms with Gasteiger partial charge in [0.1, 0.15) is 5.75 Å². The van der Waals surface area contributed by atoms with Gasteiger partial charge in [0, 0.05) is 0 Å². The number of methoxy groups -OCH3 is 1. The lowest BCUT2D eigenvalue weighted by Crippen LogP contribution is -2.25. The molecule has 0 aliphatic rings. The Hall–Kier alpha value is -2.04. The highest BCUT2D eigenvalue weighted by atomic mass is 16.5. The number of esters is 1. The SMILES string of the molecule is CCOC(=O)C(=O)Nc1cc(C)cc(C)c1OC. The van der Waals surface area contributed by atoms with Crippen molar-refractivity contribution >= 4 is 17.6 Å². The normalized spacial score (nSPS) is 9.78. The van der Waals surface area contributed by atoms with Crippen molar-refractivity contribution in [2.45, 2.75) is 20.8 Å². The summed E-state index contributed by atoms with van der Waals surface area (Å²) in [6, 6.07) is 3.67. The molecule has 0 saturated carbocycles. The van der Waals surface area contributed by atoms with Crippen LogP contribution in [0.4, 0.5) is 5.69 Å². The second-order valence-corrected chi connectivity index (χ2v) is 3.84. The maximum atomic E-state index is 11.6. The molecule has 5 nitrogen and oxygen atoms in total. The fourth-order valence-corrected chi connectivity index (χ4v) is 1.69. The zero-order valence-electron chi connectivity index (χ0n) is 11.0. The second kappa shape index (κ2) is 6.05. The first-order valence-electron chi connectivity index (χ1n) is 5.63. The van der Waals surface area contributed by atoms with E-state index in [1.54, 1.807) is 13.0 Å². The van der Waals surface area contributed by atoms with Crippen molar-refractivity contribution in [3.8, 4) is 5.75 Å². The number of benzene rings is 1. The highest BCUT2D eigenvalue weighted by Crippen LogP contribution is 2.29. The van der Waals surface area contributed by atoms with Crippen molar-refractivity contribution in [1.82, 2.24) is 0 Å².